The second-order valence-corrected chi connectivity index (χ2v) is 5.61. The molecule has 0 bridgehead atoms. The van der Waals surface area contributed by atoms with Crippen LogP contribution < -0.4 is 5.56 Å². The topological polar surface area (TPSA) is 112 Å². The predicted octanol–water partition coefficient (Wildman–Crippen LogP) is 1.50. The summed E-state index contributed by atoms with van der Waals surface area (Å²) in [5.74, 6) is -0.339. The van der Waals surface area contributed by atoms with Gasteiger partial charge in [-0.1, -0.05) is 11.8 Å². The Hall–Kier alpha value is -1.92. The molecular weight excluding hydrogens is 312 g/mol. The van der Waals surface area contributed by atoms with E-state index in [1.807, 2.05) is 6.07 Å². The average molecular weight is 324 g/mol. The maximum absolute atomic E-state index is 12.0. The third-order valence-corrected chi connectivity index (χ3v) is 4.11. The summed E-state index contributed by atoms with van der Waals surface area (Å²) in [5.41, 5.74) is 0.540. The van der Waals surface area contributed by atoms with Crippen LogP contribution in [0.5, 0.6) is 0 Å². The highest BCUT2D eigenvalue weighted by molar-refractivity contribution is 7.99. The van der Waals surface area contributed by atoms with Gasteiger partial charge in [0, 0.05) is 0 Å². The largest absolute Gasteiger partial charge is 0.465 e. The number of esters is 1. The van der Waals surface area contributed by atoms with Crippen LogP contribution in [0.15, 0.2) is 15.0 Å². The molecule has 9 heteroatoms. The Bertz CT molecular complexity index is 775. The minimum absolute atomic E-state index is 0.0456. The third-order valence-electron chi connectivity index (χ3n) is 2.55. The van der Waals surface area contributed by atoms with E-state index in [-0.39, 0.29) is 28.0 Å². The number of aromatic nitrogens is 3. The van der Waals surface area contributed by atoms with Crippen LogP contribution in [0.3, 0.4) is 0 Å². The summed E-state index contributed by atoms with van der Waals surface area (Å²) in [6, 6.07) is 2.04. The van der Waals surface area contributed by atoms with Crippen LogP contribution in [0.2, 0.25) is 0 Å². The van der Waals surface area contributed by atoms with Crippen LogP contribution in [0.1, 0.15) is 12.5 Å². The first-order valence-electron chi connectivity index (χ1n) is 5.99. The van der Waals surface area contributed by atoms with Gasteiger partial charge in [-0.2, -0.15) is 5.26 Å². The summed E-state index contributed by atoms with van der Waals surface area (Å²) in [4.78, 5) is 33.0. The number of fused-ring (bicyclic) bond motifs is 1. The second-order valence-electron chi connectivity index (χ2n) is 3.83. The summed E-state index contributed by atoms with van der Waals surface area (Å²) in [6.45, 7) is 2.02. The standard InChI is InChI=1S/C12H12N4O3S2/c1-3-19-7(17)5-21-12-15-8-6(4-13)11(20-2)14-9(8)10(18)16-12/h14H,3,5H2,1-2H3,(H,15,16,18). The number of H-pyrrole nitrogens is 2. The number of hydrogen-bond acceptors (Lipinski definition) is 7. The summed E-state index contributed by atoms with van der Waals surface area (Å²) in [6.07, 6.45) is 1.80. The van der Waals surface area contributed by atoms with Gasteiger partial charge in [0.2, 0.25) is 0 Å². The van der Waals surface area contributed by atoms with Gasteiger partial charge in [0.05, 0.1) is 17.4 Å². The van der Waals surface area contributed by atoms with Crippen molar-refractivity contribution in [1.29, 1.82) is 5.26 Å². The highest BCUT2D eigenvalue weighted by atomic mass is 32.2. The number of nitrogens with zero attached hydrogens (tertiary/aromatic N) is 2. The average Bonchev–Trinajstić information content (AvgIpc) is 2.83. The number of thioether (sulfide) groups is 2. The minimum Gasteiger partial charge on any atom is -0.465 e. The Morgan fingerprint density at radius 1 is 1.48 bits per heavy atom. The molecule has 0 fully saturated rings. The second kappa shape index (κ2) is 6.69. The van der Waals surface area contributed by atoms with E-state index in [1.54, 1.807) is 13.2 Å². The Labute approximate surface area is 128 Å². The van der Waals surface area contributed by atoms with Crippen LogP contribution in [0.25, 0.3) is 11.0 Å². The maximum Gasteiger partial charge on any atom is 0.316 e. The lowest BCUT2D eigenvalue weighted by Gasteiger charge is -2.01. The molecule has 2 heterocycles. The molecule has 110 valence electrons. The molecule has 0 aliphatic carbocycles. The highest BCUT2D eigenvalue weighted by Crippen LogP contribution is 2.25. The van der Waals surface area contributed by atoms with E-state index < -0.39 is 0 Å². The number of carbonyl (C=O) groups is 1. The van der Waals surface area contributed by atoms with Gasteiger partial charge in [0.25, 0.3) is 5.56 Å². The molecule has 0 aliphatic heterocycles. The summed E-state index contributed by atoms with van der Waals surface area (Å²) in [5, 5.41) is 10.1. The summed E-state index contributed by atoms with van der Waals surface area (Å²) >= 11 is 2.40. The lowest BCUT2D eigenvalue weighted by molar-refractivity contribution is -0.139. The zero-order valence-corrected chi connectivity index (χ0v) is 13.0. The van der Waals surface area contributed by atoms with Gasteiger partial charge >= 0.3 is 5.97 Å². The first kappa shape index (κ1) is 15.5. The quantitative estimate of drug-likeness (QED) is 0.487. The highest BCUT2D eigenvalue weighted by Gasteiger charge is 2.16. The molecule has 2 rings (SSSR count). The van der Waals surface area contributed by atoms with Crippen LogP contribution in [0.4, 0.5) is 0 Å². The van der Waals surface area contributed by atoms with E-state index >= 15 is 0 Å². The SMILES string of the molecule is CCOC(=O)CSc1nc2c(C#N)c(SC)[nH]c2c(=O)[nH]1. The molecular formula is C12H12N4O3S2. The molecule has 0 unspecified atom stereocenters. The molecule has 2 aromatic rings. The molecule has 2 aromatic heterocycles. The lowest BCUT2D eigenvalue weighted by Crippen LogP contribution is -2.11. The van der Waals surface area contributed by atoms with E-state index in [1.165, 1.54) is 11.8 Å². The monoisotopic (exact) mass is 324 g/mol. The van der Waals surface area contributed by atoms with Crippen LogP contribution in [-0.4, -0.2) is 39.5 Å². The van der Waals surface area contributed by atoms with Crippen molar-refractivity contribution >= 4 is 40.5 Å². The number of hydrogen-bond donors (Lipinski definition) is 2. The Kier molecular flexibility index (Phi) is 4.93. The Morgan fingerprint density at radius 3 is 2.86 bits per heavy atom. The van der Waals surface area contributed by atoms with Crippen molar-refractivity contribution in [3.63, 3.8) is 0 Å². The summed E-state index contributed by atoms with van der Waals surface area (Å²) < 4.78 is 4.81. The number of aromatic amines is 2. The third kappa shape index (κ3) is 3.22. The van der Waals surface area contributed by atoms with Gasteiger partial charge in [-0.3, -0.25) is 14.6 Å². The van der Waals surface area contributed by atoms with E-state index in [4.69, 9.17) is 4.74 Å². The van der Waals surface area contributed by atoms with Gasteiger partial charge in [-0.25, -0.2) is 4.98 Å². The molecule has 0 amide bonds. The molecule has 0 spiro atoms. The van der Waals surface area contributed by atoms with Crippen LogP contribution in [-0.2, 0) is 9.53 Å². The Morgan fingerprint density at radius 2 is 2.24 bits per heavy atom. The van der Waals surface area contributed by atoms with E-state index in [0.29, 0.717) is 22.7 Å². The van der Waals surface area contributed by atoms with Crippen molar-refractivity contribution in [2.75, 3.05) is 18.6 Å². The normalized spacial score (nSPS) is 10.5. The Balaban J connectivity index is 2.38. The van der Waals surface area contributed by atoms with Crippen molar-refractivity contribution in [1.82, 2.24) is 15.0 Å². The number of nitrogens with one attached hydrogen (secondary N) is 2. The van der Waals surface area contributed by atoms with Gasteiger partial charge in [0.15, 0.2) is 5.16 Å². The number of ether oxygens (including phenoxy) is 1. The van der Waals surface area contributed by atoms with Gasteiger partial charge < -0.3 is 9.72 Å². The molecule has 0 radical (unpaired) electrons. The van der Waals surface area contributed by atoms with Gasteiger partial charge in [-0.15, -0.1) is 11.8 Å². The zero-order chi connectivity index (χ0) is 15.4. The van der Waals surface area contributed by atoms with Crippen molar-refractivity contribution in [3.05, 3.63) is 15.9 Å². The molecule has 7 nitrogen and oxygen atoms in total. The van der Waals surface area contributed by atoms with Crippen molar-refractivity contribution in [2.24, 2.45) is 0 Å². The van der Waals surface area contributed by atoms with Crippen molar-refractivity contribution in [3.8, 4) is 6.07 Å². The molecule has 0 saturated carbocycles. The number of carbonyl (C=O) groups excluding carboxylic acids is 1. The van der Waals surface area contributed by atoms with Crippen molar-refractivity contribution < 1.29 is 9.53 Å². The minimum atomic E-state index is -0.385. The lowest BCUT2D eigenvalue weighted by atomic mass is 10.3. The fraction of sp³-hybridized carbons (Fsp3) is 0.333. The molecule has 2 N–H and O–H groups in total. The fourth-order valence-electron chi connectivity index (χ4n) is 1.69. The predicted molar refractivity (Wildman–Crippen MR) is 80.6 cm³/mol. The summed E-state index contributed by atoms with van der Waals surface area (Å²) in [7, 11) is 0. The zero-order valence-electron chi connectivity index (χ0n) is 11.3. The van der Waals surface area contributed by atoms with E-state index in [2.05, 4.69) is 15.0 Å². The maximum atomic E-state index is 12.0. The molecule has 0 atom stereocenters. The van der Waals surface area contributed by atoms with E-state index in [9.17, 15) is 14.9 Å². The van der Waals surface area contributed by atoms with Crippen molar-refractivity contribution in [2.45, 2.75) is 17.1 Å². The van der Waals surface area contributed by atoms with E-state index in [0.717, 1.165) is 11.8 Å². The molecule has 21 heavy (non-hydrogen) atoms. The number of nitriles is 1. The fourth-order valence-corrected chi connectivity index (χ4v) is 2.90. The van der Waals surface area contributed by atoms with Gasteiger partial charge in [-0.05, 0) is 13.2 Å². The first-order chi connectivity index (χ1) is 10.1. The van der Waals surface area contributed by atoms with Gasteiger partial charge in [0.1, 0.15) is 22.7 Å². The number of rotatable bonds is 5. The molecule has 0 aliphatic rings. The smallest absolute Gasteiger partial charge is 0.316 e. The first-order valence-corrected chi connectivity index (χ1v) is 8.20. The van der Waals surface area contributed by atoms with Crippen LogP contribution >= 0.6 is 23.5 Å². The molecule has 0 aromatic carbocycles. The van der Waals surface area contributed by atoms with Crippen LogP contribution in [0, 0.1) is 11.3 Å². The molecule has 0 saturated heterocycles.